The van der Waals surface area contributed by atoms with Gasteiger partial charge in [-0.25, -0.2) is 14.7 Å². The van der Waals surface area contributed by atoms with Gasteiger partial charge in [0.05, 0.1) is 7.11 Å². The molecule has 0 spiro atoms. The monoisotopic (exact) mass is 420 g/mol. The van der Waals surface area contributed by atoms with E-state index in [1.165, 1.54) is 24.6 Å². The minimum absolute atomic E-state index is 0.104. The topological polar surface area (TPSA) is 73.9 Å². The van der Waals surface area contributed by atoms with Crippen LogP contribution in [0.3, 0.4) is 0 Å². The van der Waals surface area contributed by atoms with Crippen LogP contribution in [0, 0.1) is 0 Å². The van der Waals surface area contributed by atoms with Gasteiger partial charge in [-0.05, 0) is 47.9 Å². The number of carbonyl (C=O) groups is 2. The van der Waals surface area contributed by atoms with E-state index < -0.39 is 0 Å². The third-order valence-electron chi connectivity index (χ3n) is 3.89. The van der Waals surface area contributed by atoms with Gasteiger partial charge in [-0.15, -0.1) is 0 Å². The molecule has 4 amide bonds. The number of rotatable bonds is 4. The summed E-state index contributed by atoms with van der Waals surface area (Å²) in [6, 6.07) is 14.3. The number of benzene rings is 2. The number of hydrogen-bond donors (Lipinski definition) is 2. The van der Waals surface area contributed by atoms with Gasteiger partial charge in [0.25, 0.3) is 0 Å². The highest BCUT2D eigenvalue weighted by Crippen LogP contribution is 2.17. The molecule has 0 aromatic heterocycles. The summed E-state index contributed by atoms with van der Waals surface area (Å²) in [5.74, 6) is 0.517. The lowest BCUT2D eigenvalue weighted by atomic mass is 10.0. The van der Waals surface area contributed by atoms with E-state index in [4.69, 9.17) is 16.4 Å². The van der Waals surface area contributed by atoms with E-state index in [1.807, 2.05) is 24.3 Å². The van der Waals surface area contributed by atoms with Crippen molar-refractivity contribution >= 4 is 35.0 Å². The van der Waals surface area contributed by atoms with Gasteiger partial charge >= 0.3 is 12.1 Å². The van der Waals surface area contributed by atoms with E-state index in [-0.39, 0.29) is 12.1 Å². The van der Waals surface area contributed by atoms with Crippen LogP contribution in [0.4, 0.5) is 21.0 Å². The molecule has 158 valence electrons. The van der Waals surface area contributed by atoms with Crippen LogP contribution < -0.4 is 10.6 Å². The fourth-order valence-corrected chi connectivity index (χ4v) is 2.13. The molecule has 7 nitrogen and oxygen atoms in total. The zero-order valence-electron chi connectivity index (χ0n) is 17.7. The highest BCUT2D eigenvalue weighted by molar-refractivity contribution is 6.30. The standard InChI is InChI=1S/C12H18N2O.C9H11ClN2O2/c1-9(2)10-5-7-11(8-6-10)13-12(15)14(3)4;1-12(14-2)9(13)11-8-5-3-7(10)4-6-8/h5-9H,1-4H3,(H,13,15);3-6H,1-2H3,(H,11,13). The summed E-state index contributed by atoms with van der Waals surface area (Å²) in [6.07, 6.45) is 0. The molecule has 0 fully saturated rings. The van der Waals surface area contributed by atoms with Crippen molar-refractivity contribution in [1.29, 1.82) is 0 Å². The van der Waals surface area contributed by atoms with E-state index in [1.54, 1.807) is 38.4 Å². The van der Waals surface area contributed by atoms with Crippen molar-refractivity contribution in [2.24, 2.45) is 0 Å². The first-order valence-electron chi connectivity index (χ1n) is 9.06. The van der Waals surface area contributed by atoms with Gasteiger partial charge in [-0.3, -0.25) is 4.84 Å². The molecule has 2 N–H and O–H groups in total. The van der Waals surface area contributed by atoms with Gasteiger partial charge in [0.1, 0.15) is 0 Å². The van der Waals surface area contributed by atoms with Crippen LogP contribution in [0.1, 0.15) is 25.3 Å². The number of hydrogen-bond acceptors (Lipinski definition) is 3. The summed E-state index contributed by atoms with van der Waals surface area (Å²) in [5.41, 5.74) is 2.78. The van der Waals surface area contributed by atoms with Crippen molar-refractivity contribution in [3.05, 3.63) is 59.1 Å². The molecule has 0 saturated heterocycles. The smallest absolute Gasteiger partial charge is 0.331 e. The lowest BCUT2D eigenvalue weighted by Gasteiger charge is -2.14. The number of hydroxylamine groups is 2. The Labute approximate surface area is 177 Å². The van der Waals surface area contributed by atoms with Crippen molar-refractivity contribution in [3.8, 4) is 0 Å². The van der Waals surface area contributed by atoms with Gasteiger partial charge < -0.3 is 15.5 Å². The maximum absolute atomic E-state index is 11.3. The van der Waals surface area contributed by atoms with Crippen LogP contribution in [0.25, 0.3) is 0 Å². The SMILES string of the molecule is CC(C)c1ccc(NC(=O)N(C)C)cc1.CON(C)C(=O)Nc1ccc(Cl)cc1. The first kappa shape index (κ1) is 24.3. The summed E-state index contributed by atoms with van der Waals surface area (Å²) in [7, 11) is 6.38. The van der Waals surface area contributed by atoms with Crippen LogP contribution in [0.15, 0.2) is 48.5 Å². The van der Waals surface area contributed by atoms with Crippen LogP contribution >= 0.6 is 11.6 Å². The summed E-state index contributed by atoms with van der Waals surface area (Å²) in [4.78, 5) is 28.8. The molecule has 2 aromatic carbocycles. The van der Waals surface area contributed by atoms with Crippen molar-refractivity contribution < 1.29 is 14.4 Å². The molecule has 2 aromatic rings. The van der Waals surface area contributed by atoms with Crippen molar-refractivity contribution in [2.45, 2.75) is 19.8 Å². The molecule has 29 heavy (non-hydrogen) atoms. The fraction of sp³-hybridized carbons (Fsp3) is 0.333. The predicted molar refractivity (Wildman–Crippen MR) is 118 cm³/mol. The van der Waals surface area contributed by atoms with Gasteiger partial charge in [0.2, 0.25) is 0 Å². The Balaban J connectivity index is 0.000000291. The number of nitrogens with zero attached hydrogens (tertiary/aromatic N) is 2. The second-order valence-corrected chi connectivity index (χ2v) is 7.15. The van der Waals surface area contributed by atoms with Gasteiger partial charge in [0, 0.05) is 37.5 Å². The van der Waals surface area contributed by atoms with Crippen LogP contribution in [-0.4, -0.2) is 50.3 Å². The minimum atomic E-state index is -0.338. The summed E-state index contributed by atoms with van der Waals surface area (Å²) in [5, 5.41) is 7.14. The van der Waals surface area contributed by atoms with E-state index in [2.05, 4.69) is 24.5 Å². The van der Waals surface area contributed by atoms with Crippen molar-refractivity contribution in [3.63, 3.8) is 0 Å². The Hall–Kier alpha value is -2.77. The fourth-order valence-electron chi connectivity index (χ4n) is 2.00. The lowest BCUT2D eigenvalue weighted by molar-refractivity contribution is -0.0598. The second kappa shape index (κ2) is 11.9. The molecule has 0 aliphatic rings. The average Bonchev–Trinajstić information content (AvgIpc) is 2.69. The summed E-state index contributed by atoms with van der Waals surface area (Å²) >= 11 is 5.69. The van der Waals surface area contributed by atoms with Gasteiger partial charge in [-0.2, -0.15) is 0 Å². The first-order chi connectivity index (χ1) is 13.6. The number of carbonyl (C=O) groups excluding carboxylic acids is 2. The summed E-state index contributed by atoms with van der Waals surface area (Å²) < 4.78 is 0. The predicted octanol–water partition coefficient (Wildman–Crippen LogP) is 5.27. The molecule has 0 heterocycles. The van der Waals surface area contributed by atoms with E-state index in [0.29, 0.717) is 16.6 Å². The molecule has 0 saturated carbocycles. The molecule has 0 bridgehead atoms. The Bertz CT molecular complexity index is 778. The van der Waals surface area contributed by atoms with Crippen LogP contribution in [0.2, 0.25) is 5.02 Å². The maximum Gasteiger partial charge on any atom is 0.345 e. The summed E-state index contributed by atoms with van der Waals surface area (Å²) in [6.45, 7) is 4.29. The largest absolute Gasteiger partial charge is 0.345 e. The molecule has 2 rings (SSSR count). The van der Waals surface area contributed by atoms with Gasteiger partial charge in [0.15, 0.2) is 0 Å². The molecular weight excluding hydrogens is 392 g/mol. The van der Waals surface area contributed by atoms with Crippen LogP contribution in [-0.2, 0) is 4.84 Å². The Morgan fingerprint density at radius 2 is 1.31 bits per heavy atom. The minimum Gasteiger partial charge on any atom is -0.331 e. The Kier molecular flexibility index (Phi) is 9.99. The maximum atomic E-state index is 11.3. The van der Waals surface area contributed by atoms with Crippen molar-refractivity contribution in [1.82, 2.24) is 9.96 Å². The second-order valence-electron chi connectivity index (χ2n) is 6.72. The molecular formula is C21H29ClN4O3. The Morgan fingerprint density at radius 3 is 1.72 bits per heavy atom. The molecule has 0 unspecified atom stereocenters. The third kappa shape index (κ3) is 8.85. The quantitative estimate of drug-likeness (QED) is 0.662. The number of urea groups is 2. The third-order valence-corrected chi connectivity index (χ3v) is 4.14. The number of amides is 4. The van der Waals surface area contributed by atoms with E-state index in [9.17, 15) is 9.59 Å². The zero-order valence-corrected chi connectivity index (χ0v) is 18.4. The highest BCUT2D eigenvalue weighted by Gasteiger charge is 2.07. The molecule has 0 aliphatic carbocycles. The molecule has 0 aliphatic heterocycles. The number of nitrogens with one attached hydrogen (secondary N) is 2. The Morgan fingerprint density at radius 1 is 0.862 bits per heavy atom. The lowest BCUT2D eigenvalue weighted by Crippen LogP contribution is -2.30. The van der Waals surface area contributed by atoms with Crippen LogP contribution in [0.5, 0.6) is 0 Å². The van der Waals surface area contributed by atoms with Crippen molar-refractivity contribution in [2.75, 3.05) is 38.9 Å². The molecule has 0 radical (unpaired) electrons. The van der Waals surface area contributed by atoms with E-state index in [0.717, 1.165) is 10.8 Å². The normalized spacial score (nSPS) is 9.93. The number of anilines is 2. The average molecular weight is 421 g/mol. The zero-order chi connectivity index (χ0) is 22.0. The first-order valence-corrected chi connectivity index (χ1v) is 9.44. The van der Waals surface area contributed by atoms with Gasteiger partial charge in [-0.1, -0.05) is 37.6 Å². The molecule has 8 heteroatoms. The number of halogens is 1. The molecule has 0 atom stereocenters. The van der Waals surface area contributed by atoms with E-state index >= 15 is 0 Å². The highest BCUT2D eigenvalue weighted by atomic mass is 35.5.